The molecule has 0 saturated carbocycles. The molecular formula is C8H17NO2. The number of amides is 1. The minimum Gasteiger partial charge on any atom is -0.369 e. The molecule has 0 aromatic rings. The molecule has 0 spiro atoms. The number of nitrogens with one attached hydrogen (secondary N) is 1. The van der Waals surface area contributed by atoms with Crippen LogP contribution < -0.4 is 5.32 Å². The van der Waals surface area contributed by atoms with Crippen LogP contribution in [0.15, 0.2) is 0 Å². The molecule has 1 amide bonds. The molecule has 11 heavy (non-hydrogen) atoms. The Hall–Kier alpha value is -0.570. The van der Waals surface area contributed by atoms with Crippen LogP contribution in [0, 0.1) is 0 Å². The van der Waals surface area contributed by atoms with Crippen molar-refractivity contribution in [1.82, 2.24) is 5.32 Å². The van der Waals surface area contributed by atoms with Gasteiger partial charge < -0.3 is 10.1 Å². The summed E-state index contributed by atoms with van der Waals surface area (Å²) in [6.45, 7) is 6.73. The first-order chi connectivity index (χ1) is 5.20. The number of hydrogen-bond donors (Lipinski definition) is 1. The van der Waals surface area contributed by atoms with Gasteiger partial charge in [-0.1, -0.05) is 6.92 Å². The first-order valence-corrected chi connectivity index (χ1v) is 4.09. The lowest BCUT2D eigenvalue weighted by Crippen LogP contribution is -2.28. The van der Waals surface area contributed by atoms with E-state index in [-0.39, 0.29) is 18.6 Å². The maximum atomic E-state index is 10.8. The zero-order valence-electron chi connectivity index (χ0n) is 7.52. The molecule has 0 aliphatic rings. The van der Waals surface area contributed by atoms with Crippen LogP contribution in [0.3, 0.4) is 0 Å². The Bertz CT molecular complexity index is 115. The third-order valence-electron chi connectivity index (χ3n) is 1.45. The van der Waals surface area contributed by atoms with Crippen molar-refractivity contribution in [3.05, 3.63) is 0 Å². The molecule has 1 unspecified atom stereocenters. The van der Waals surface area contributed by atoms with Crippen molar-refractivity contribution in [2.75, 3.05) is 13.2 Å². The van der Waals surface area contributed by atoms with Crippen molar-refractivity contribution in [3.8, 4) is 0 Å². The maximum Gasteiger partial charge on any atom is 0.246 e. The second-order valence-electron chi connectivity index (χ2n) is 2.48. The second kappa shape index (κ2) is 6.16. The normalized spacial score (nSPS) is 12.6. The molecule has 0 aromatic heterocycles. The van der Waals surface area contributed by atoms with Crippen molar-refractivity contribution in [2.45, 2.75) is 33.3 Å². The summed E-state index contributed by atoms with van der Waals surface area (Å²) >= 11 is 0. The summed E-state index contributed by atoms with van der Waals surface area (Å²) in [6.07, 6.45) is 1.12. The van der Waals surface area contributed by atoms with Gasteiger partial charge in [0, 0.05) is 6.54 Å². The number of rotatable bonds is 5. The summed E-state index contributed by atoms with van der Waals surface area (Å²) in [5, 5.41) is 2.66. The van der Waals surface area contributed by atoms with Gasteiger partial charge in [0.1, 0.15) is 6.61 Å². The molecule has 3 nitrogen and oxygen atoms in total. The first kappa shape index (κ1) is 10.4. The van der Waals surface area contributed by atoms with E-state index < -0.39 is 0 Å². The van der Waals surface area contributed by atoms with E-state index in [1.54, 1.807) is 0 Å². The third kappa shape index (κ3) is 5.85. The van der Waals surface area contributed by atoms with Crippen LogP contribution in [0.1, 0.15) is 27.2 Å². The Kier molecular flexibility index (Phi) is 5.84. The largest absolute Gasteiger partial charge is 0.369 e. The summed E-state index contributed by atoms with van der Waals surface area (Å²) in [5.41, 5.74) is 0. The van der Waals surface area contributed by atoms with E-state index >= 15 is 0 Å². The van der Waals surface area contributed by atoms with Gasteiger partial charge in [0.2, 0.25) is 5.91 Å². The lowest BCUT2D eigenvalue weighted by atomic mass is 10.3. The average Bonchev–Trinajstić information content (AvgIpc) is 2.01. The predicted octanol–water partition coefficient (Wildman–Crippen LogP) is 0.938. The topological polar surface area (TPSA) is 38.3 Å². The molecule has 0 heterocycles. The summed E-state index contributed by atoms with van der Waals surface area (Å²) in [7, 11) is 0. The fourth-order valence-electron chi connectivity index (χ4n) is 0.584. The molecule has 0 aliphatic carbocycles. The monoisotopic (exact) mass is 159 g/mol. The lowest BCUT2D eigenvalue weighted by Gasteiger charge is -2.09. The van der Waals surface area contributed by atoms with Gasteiger partial charge in [0.05, 0.1) is 6.10 Å². The van der Waals surface area contributed by atoms with Crippen LogP contribution in [-0.4, -0.2) is 25.2 Å². The van der Waals surface area contributed by atoms with Crippen LogP contribution in [0.25, 0.3) is 0 Å². The van der Waals surface area contributed by atoms with E-state index in [4.69, 9.17) is 4.74 Å². The molecule has 0 aliphatic heterocycles. The summed E-state index contributed by atoms with van der Waals surface area (Å²) in [6, 6.07) is 0. The fourth-order valence-corrected chi connectivity index (χ4v) is 0.584. The molecular weight excluding hydrogens is 142 g/mol. The highest BCUT2D eigenvalue weighted by molar-refractivity contribution is 5.77. The Morgan fingerprint density at radius 3 is 2.64 bits per heavy atom. The Morgan fingerprint density at radius 1 is 1.55 bits per heavy atom. The molecule has 1 N–H and O–H groups in total. The van der Waals surface area contributed by atoms with E-state index in [2.05, 4.69) is 5.32 Å². The van der Waals surface area contributed by atoms with Gasteiger partial charge >= 0.3 is 0 Å². The van der Waals surface area contributed by atoms with Gasteiger partial charge in [-0.05, 0) is 20.3 Å². The van der Waals surface area contributed by atoms with Crippen molar-refractivity contribution >= 4 is 5.91 Å². The fraction of sp³-hybridized carbons (Fsp3) is 0.875. The van der Waals surface area contributed by atoms with Crippen LogP contribution in [0.5, 0.6) is 0 Å². The summed E-state index contributed by atoms with van der Waals surface area (Å²) < 4.78 is 5.19. The number of ether oxygens (including phenoxy) is 1. The SMILES string of the molecule is CCNC(=O)COC(C)CC. The molecule has 0 aromatic carbocycles. The number of carbonyl (C=O) groups excluding carboxylic acids is 1. The van der Waals surface area contributed by atoms with Crippen LogP contribution >= 0.6 is 0 Å². The van der Waals surface area contributed by atoms with E-state index in [9.17, 15) is 4.79 Å². The molecule has 0 bridgehead atoms. The predicted molar refractivity (Wildman–Crippen MR) is 44.4 cm³/mol. The lowest BCUT2D eigenvalue weighted by molar-refractivity contribution is -0.127. The van der Waals surface area contributed by atoms with Crippen LogP contribution in [0.4, 0.5) is 0 Å². The summed E-state index contributed by atoms with van der Waals surface area (Å²) in [5.74, 6) is -0.0344. The van der Waals surface area contributed by atoms with Gasteiger partial charge in [-0.3, -0.25) is 4.79 Å². The van der Waals surface area contributed by atoms with Gasteiger partial charge in [0.25, 0.3) is 0 Å². The van der Waals surface area contributed by atoms with Crippen molar-refractivity contribution in [3.63, 3.8) is 0 Å². The van der Waals surface area contributed by atoms with Crippen LogP contribution in [0.2, 0.25) is 0 Å². The molecule has 1 atom stereocenters. The van der Waals surface area contributed by atoms with Crippen LogP contribution in [-0.2, 0) is 9.53 Å². The standard InChI is InChI=1S/C8H17NO2/c1-4-7(3)11-6-8(10)9-5-2/h7H,4-6H2,1-3H3,(H,9,10). The molecule has 0 rings (SSSR count). The average molecular weight is 159 g/mol. The smallest absolute Gasteiger partial charge is 0.246 e. The second-order valence-corrected chi connectivity index (χ2v) is 2.48. The zero-order chi connectivity index (χ0) is 8.69. The molecule has 0 fully saturated rings. The molecule has 0 radical (unpaired) electrons. The van der Waals surface area contributed by atoms with E-state index in [0.29, 0.717) is 6.54 Å². The van der Waals surface area contributed by atoms with E-state index in [1.807, 2.05) is 20.8 Å². The highest BCUT2D eigenvalue weighted by atomic mass is 16.5. The van der Waals surface area contributed by atoms with E-state index in [1.165, 1.54) is 0 Å². The van der Waals surface area contributed by atoms with Gasteiger partial charge in [-0.15, -0.1) is 0 Å². The number of likely N-dealkylation sites (N-methyl/N-ethyl adjacent to an activating group) is 1. The van der Waals surface area contributed by atoms with Crippen molar-refractivity contribution < 1.29 is 9.53 Å². The molecule has 3 heteroatoms. The highest BCUT2D eigenvalue weighted by Crippen LogP contribution is 1.94. The highest BCUT2D eigenvalue weighted by Gasteiger charge is 2.02. The van der Waals surface area contributed by atoms with Gasteiger partial charge in [-0.2, -0.15) is 0 Å². The molecule has 0 saturated heterocycles. The van der Waals surface area contributed by atoms with Crippen molar-refractivity contribution in [2.24, 2.45) is 0 Å². The number of hydrogen-bond acceptors (Lipinski definition) is 2. The molecule has 66 valence electrons. The summed E-state index contributed by atoms with van der Waals surface area (Å²) in [4.78, 5) is 10.8. The van der Waals surface area contributed by atoms with E-state index in [0.717, 1.165) is 6.42 Å². The minimum absolute atomic E-state index is 0.0344. The Labute approximate surface area is 68.1 Å². The van der Waals surface area contributed by atoms with Crippen molar-refractivity contribution in [1.29, 1.82) is 0 Å². The quantitative estimate of drug-likeness (QED) is 0.648. The minimum atomic E-state index is -0.0344. The number of carbonyl (C=O) groups is 1. The maximum absolute atomic E-state index is 10.8. The zero-order valence-corrected chi connectivity index (χ0v) is 7.52. The Balaban J connectivity index is 3.30. The van der Waals surface area contributed by atoms with Gasteiger partial charge in [-0.25, -0.2) is 0 Å². The first-order valence-electron chi connectivity index (χ1n) is 4.09. The van der Waals surface area contributed by atoms with Gasteiger partial charge in [0.15, 0.2) is 0 Å². The third-order valence-corrected chi connectivity index (χ3v) is 1.45. The Morgan fingerprint density at radius 2 is 2.18 bits per heavy atom.